The van der Waals surface area contributed by atoms with Crippen molar-refractivity contribution in [3.63, 3.8) is 0 Å². The van der Waals surface area contributed by atoms with E-state index in [1.54, 1.807) is 0 Å². The Morgan fingerprint density at radius 3 is 2.45 bits per heavy atom. The predicted octanol–water partition coefficient (Wildman–Crippen LogP) is 3.85. The summed E-state index contributed by atoms with van der Waals surface area (Å²) in [5.41, 5.74) is 1.68. The standard InChI is InChI=1S/C18H30N2/c1-6-18(4,5)20-13-16(14(2)3)19-12-17(20)15-10-8-7-9-11-15/h7-11,14,16-17,19H,6,12-13H2,1-5H3. The van der Waals surface area contributed by atoms with E-state index in [4.69, 9.17) is 0 Å². The lowest BCUT2D eigenvalue weighted by molar-refractivity contribution is 0.0187. The topological polar surface area (TPSA) is 15.3 Å². The molecule has 1 aromatic carbocycles. The van der Waals surface area contributed by atoms with E-state index in [0.717, 1.165) is 13.1 Å². The van der Waals surface area contributed by atoms with Crippen molar-refractivity contribution in [3.8, 4) is 0 Å². The molecule has 0 spiro atoms. The molecule has 1 fully saturated rings. The van der Waals surface area contributed by atoms with Gasteiger partial charge in [-0.2, -0.15) is 0 Å². The Morgan fingerprint density at radius 2 is 1.90 bits per heavy atom. The van der Waals surface area contributed by atoms with E-state index in [9.17, 15) is 0 Å². The van der Waals surface area contributed by atoms with Crippen LogP contribution in [0.1, 0.15) is 52.6 Å². The molecule has 1 N–H and O–H groups in total. The molecular weight excluding hydrogens is 244 g/mol. The number of benzene rings is 1. The lowest BCUT2D eigenvalue weighted by Crippen LogP contribution is -2.60. The van der Waals surface area contributed by atoms with Gasteiger partial charge in [0, 0.05) is 30.7 Å². The average molecular weight is 274 g/mol. The molecule has 2 rings (SSSR count). The van der Waals surface area contributed by atoms with Crippen molar-refractivity contribution in [2.45, 2.75) is 58.7 Å². The van der Waals surface area contributed by atoms with E-state index < -0.39 is 0 Å². The maximum atomic E-state index is 3.75. The number of hydrogen-bond donors (Lipinski definition) is 1. The zero-order chi connectivity index (χ0) is 14.8. The smallest absolute Gasteiger partial charge is 0.0478 e. The lowest BCUT2D eigenvalue weighted by Gasteiger charge is -2.50. The maximum absolute atomic E-state index is 3.75. The zero-order valence-electron chi connectivity index (χ0n) is 13.7. The van der Waals surface area contributed by atoms with E-state index in [2.05, 4.69) is 75.2 Å². The largest absolute Gasteiger partial charge is 0.311 e. The number of nitrogens with zero attached hydrogens (tertiary/aromatic N) is 1. The third kappa shape index (κ3) is 3.24. The maximum Gasteiger partial charge on any atom is 0.0478 e. The Morgan fingerprint density at radius 1 is 1.25 bits per heavy atom. The van der Waals surface area contributed by atoms with Crippen molar-refractivity contribution >= 4 is 0 Å². The molecule has 2 heteroatoms. The summed E-state index contributed by atoms with van der Waals surface area (Å²) in [7, 11) is 0. The van der Waals surface area contributed by atoms with Crippen molar-refractivity contribution in [1.29, 1.82) is 0 Å². The van der Waals surface area contributed by atoms with E-state index in [1.807, 2.05) is 0 Å². The Hall–Kier alpha value is -0.860. The quantitative estimate of drug-likeness (QED) is 0.897. The predicted molar refractivity (Wildman–Crippen MR) is 86.9 cm³/mol. The molecule has 0 aromatic heterocycles. The van der Waals surface area contributed by atoms with E-state index in [0.29, 0.717) is 18.0 Å². The van der Waals surface area contributed by atoms with Gasteiger partial charge >= 0.3 is 0 Å². The summed E-state index contributed by atoms with van der Waals surface area (Å²) in [6, 6.07) is 12.0. The summed E-state index contributed by atoms with van der Waals surface area (Å²) in [4.78, 5) is 2.71. The molecule has 1 saturated heterocycles. The fourth-order valence-corrected chi connectivity index (χ4v) is 3.07. The Labute approximate surface area is 124 Å². The zero-order valence-corrected chi connectivity index (χ0v) is 13.7. The molecule has 1 aromatic rings. The van der Waals surface area contributed by atoms with Crippen molar-refractivity contribution in [2.75, 3.05) is 13.1 Å². The Bertz CT molecular complexity index is 411. The van der Waals surface area contributed by atoms with Gasteiger partial charge in [0.15, 0.2) is 0 Å². The van der Waals surface area contributed by atoms with Crippen LogP contribution in [0, 0.1) is 5.92 Å². The van der Waals surface area contributed by atoms with Crippen LogP contribution in [-0.4, -0.2) is 29.6 Å². The van der Waals surface area contributed by atoms with Crippen LogP contribution < -0.4 is 5.32 Å². The first-order valence-electron chi connectivity index (χ1n) is 8.00. The van der Waals surface area contributed by atoms with Crippen LogP contribution in [0.4, 0.5) is 0 Å². The van der Waals surface area contributed by atoms with Gasteiger partial charge in [0.2, 0.25) is 0 Å². The van der Waals surface area contributed by atoms with Gasteiger partial charge in [-0.3, -0.25) is 4.90 Å². The highest BCUT2D eigenvalue weighted by molar-refractivity contribution is 5.21. The highest BCUT2D eigenvalue weighted by Crippen LogP contribution is 2.33. The minimum Gasteiger partial charge on any atom is -0.311 e. The molecule has 2 atom stereocenters. The van der Waals surface area contributed by atoms with Gasteiger partial charge in [0.05, 0.1) is 0 Å². The van der Waals surface area contributed by atoms with Gasteiger partial charge in [0.25, 0.3) is 0 Å². The van der Waals surface area contributed by atoms with Gasteiger partial charge in [0.1, 0.15) is 0 Å². The Kier molecular flexibility index (Phi) is 4.87. The average Bonchev–Trinajstić information content (AvgIpc) is 2.47. The van der Waals surface area contributed by atoms with Crippen molar-refractivity contribution < 1.29 is 0 Å². The molecular formula is C18H30N2. The van der Waals surface area contributed by atoms with Crippen molar-refractivity contribution in [1.82, 2.24) is 10.2 Å². The molecule has 0 radical (unpaired) electrons. The SMILES string of the molecule is CCC(C)(C)N1CC(C(C)C)NCC1c1ccccc1. The first kappa shape index (κ1) is 15.5. The number of nitrogens with one attached hydrogen (secondary N) is 1. The first-order valence-corrected chi connectivity index (χ1v) is 8.00. The summed E-state index contributed by atoms with van der Waals surface area (Å²) in [5, 5.41) is 3.75. The summed E-state index contributed by atoms with van der Waals surface area (Å²) in [5.74, 6) is 0.682. The molecule has 0 amide bonds. The third-order valence-electron chi connectivity index (χ3n) is 4.97. The van der Waals surface area contributed by atoms with Crippen LogP contribution in [0.2, 0.25) is 0 Å². The van der Waals surface area contributed by atoms with Crippen LogP contribution in [0.5, 0.6) is 0 Å². The highest BCUT2D eigenvalue weighted by atomic mass is 15.3. The Balaban J connectivity index is 2.26. The van der Waals surface area contributed by atoms with Crippen molar-refractivity contribution in [3.05, 3.63) is 35.9 Å². The van der Waals surface area contributed by atoms with E-state index in [1.165, 1.54) is 12.0 Å². The van der Waals surface area contributed by atoms with Crippen LogP contribution in [0.15, 0.2) is 30.3 Å². The van der Waals surface area contributed by atoms with Crippen LogP contribution >= 0.6 is 0 Å². The van der Waals surface area contributed by atoms with E-state index >= 15 is 0 Å². The number of rotatable bonds is 4. The van der Waals surface area contributed by atoms with E-state index in [-0.39, 0.29) is 5.54 Å². The fraction of sp³-hybridized carbons (Fsp3) is 0.667. The lowest BCUT2D eigenvalue weighted by atomic mass is 9.89. The fourth-order valence-electron chi connectivity index (χ4n) is 3.07. The second-order valence-electron chi connectivity index (χ2n) is 7.00. The molecule has 2 nitrogen and oxygen atoms in total. The summed E-state index contributed by atoms with van der Waals surface area (Å²) in [6.45, 7) is 13.9. The molecule has 20 heavy (non-hydrogen) atoms. The van der Waals surface area contributed by atoms with Crippen molar-refractivity contribution in [2.24, 2.45) is 5.92 Å². The molecule has 0 aliphatic carbocycles. The van der Waals surface area contributed by atoms with Gasteiger partial charge in [-0.1, -0.05) is 51.1 Å². The summed E-state index contributed by atoms with van der Waals surface area (Å²) < 4.78 is 0. The number of piperazine rings is 1. The number of hydrogen-bond acceptors (Lipinski definition) is 2. The molecule has 0 bridgehead atoms. The summed E-state index contributed by atoms with van der Waals surface area (Å²) >= 11 is 0. The normalized spacial score (nSPS) is 25.1. The van der Waals surface area contributed by atoms with Crippen LogP contribution in [0.25, 0.3) is 0 Å². The highest BCUT2D eigenvalue weighted by Gasteiger charge is 2.37. The molecule has 1 aliphatic rings. The van der Waals surface area contributed by atoms with Crippen LogP contribution in [-0.2, 0) is 0 Å². The van der Waals surface area contributed by atoms with Gasteiger partial charge in [-0.05, 0) is 31.7 Å². The van der Waals surface area contributed by atoms with Crippen LogP contribution in [0.3, 0.4) is 0 Å². The van der Waals surface area contributed by atoms with Gasteiger partial charge in [-0.15, -0.1) is 0 Å². The second-order valence-corrected chi connectivity index (χ2v) is 7.00. The van der Waals surface area contributed by atoms with Gasteiger partial charge in [-0.25, -0.2) is 0 Å². The third-order valence-corrected chi connectivity index (χ3v) is 4.97. The molecule has 1 heterocycles. The molecule has 0 saturated carbocycles. The second kappa shape index (κ2) is 6.28. The summed E-state index contributed by atoms with van der Waals surface area (Å²) in [6.07, 6.45) is 1.18. The minimum atomic E-state index is 0.246. The molecule has 112 valence electrons. The molecule has 2 unspecified atom stereocenters. The van der Waals surface area contributed by atoms with Gasteiger partial charge < -0.3 is 5.32 Å². The first-order chi connectivity index (χ1) is 9.45. The monoisotopic (exact) mass is 274 g/mol. The minimum absolute atomic E-state index is 0.246. The molecule has 1 aliphatic heterocycles.